The molecule has 0 fully saturated rings. The lowest BCUT2D eigenvalue weighted by molar-refractivity contribution is 0.660. The molecule has 10 aromatic rings. The molecular formula is C65H47N. The summed E-state index contributed by atoms with van der Waals surface area (Å²) in [5, 5.41) is 2.63. The van der Waals surface area contributed by atoms with Crippen LogP contribution in [0.15, 0.2) is 212 Å². The molecule has 4 aliphatic carbocycles. The molecule has 0 saturated heterocycles. The summed E-state index contributed by atoms with van der Waals surface area (Å²) in [7, 11) is 0. The van der Waals surface area contributed by atoms with Crippen LogP contribution in [0.2, 0.25) is 0 Å². The van der Waals surface area contributed by atoms with E-state index in [0.29, 0.717) is 0 Å². The van der Waals surface area contributed by atoms with E-state index in [0.717, 1.165) is 17.1 Å². The van der Waals surface area contributed by atoms with Crippen LogP contribution < -0.4 is 4.90 Å². The fourth-order valence-electron chi connectivity index (χ4n) is 13.2. The molecule has 0 N–H and O–H groups in total. The second-order valence-electron chi connectivity index (χ2n) is 20.0. The monoisotopic (exact) mass is 841 g/mol. The summed E-state index contributed by atoms with van der Waals surface area (Å²) in [6.07, 6.45) is 0. The predicted molar refractivity (Wildman–Crippen MR) is 275 cm³/mol. The van der Waals surface area contributed by atoms with Crippen LogP contribution in [0.3, 0.4) is 0 Å². The maximum absolute atomic E-state index is 2.55. The summed E-state index contributed by atoms with van der Waals surface area (Å²) in [4.78, 5) is 2.55. The molecule has 0 aliphatic heterocycles. The van der Waals surface area contributed by atoms with Gasteiger partial charge in [-0.2, -0.15) is 0 Å². The van der Waals surface area contributed by atoms with Crippen molar-refractivity contribution in [2.75, 3.05) is 4.90 Å². The third kappa shape index (κ3) is 4.75. The lowest BCUT2D eigenvalue weighted by Gasteiger charge is -2.33. The predicted octanol–water partition coefficient (Wildman–Crippen LogP) is 16.9. The van der Waals surface area contributed by atoms with Gasteiger partial charge in [0.05, 0.1) is 5.41 Å². The molecule has 0 heterocycles. The Balaban J connectivity index is 1.01. The van der Waals surface area contributed by atoms with Crippen molar-refractivity contribution < 1.29 is 0 Å². The lowest BCUT2D eigenvalue weighted by atomic mass is 9.70. The van der Waals surface area contributed by atoms with Crippen molar-refractivity contribution in [2.45, 2.75) is 43.9 Å². The second kappa shape index (κ2) is 13.2. The van der Waals surface area contributed by atoms with Crippen LogP contribution in [-0.4, -0.2) is 0 Å². The molecule has 1 heteroatoms. The maximum atomic E-state index is 2.55. The number of hydrogen-bond donors (Lipinski definition) is 0. The van der Waals surface area contributed by atoms with Crippen LogP contribution in [0.1, 0.15) is 72.2 Å². The summed E-state index contributed by atoms with van der Waals surface area (Å²) < 4.78 is 0. The number of nitrogens with zero attached hydrogens (tertiary/aromatic N) is 1. The summed E-state index contributed by atoms with van der Waals surface area (Å²) in [5.74, 6) is 0. The zero-order valence-electron chi connectivity index (χ0n) is 37.7. The molecule has 14 rings (SSSR count). The van der Waals surface area contributed by atoms with Gasteiger partial charge < -0.3 is 4.90 Å². The molecule has 10 aromatic carbocycles. The van der Waals surface area contributed by atoms with E-state index in [4.69, 9.17) is 0 Å². The Labute approximate surface area is 387 Å². The first-order valence-electron chi connectivity index (χ1n) is 23.5. The van der Waals surface area contributed by atoms with Gasteiger partial charge >= 0.3 is 0 Å². The normalized spacial score (nSPS) is 15.3. The van der Waals surface area contributed by atoms with Gasteiger partial charge in [-0.05, 0) is 153 Å². The summed E-state index contributed by atoms with van der Waals surface area (Å²) in [6, 6.07) is 80.6. The van der Waals surface area contributed by atoms with Crippen LogP contribution in [0.4, 0.5) is 17.1 Å². The quantitative estimate of drug-likeness (QED) is 0.171. The molecule has 0 aromatic heterocycles. The van der Waals surface area contributed by atoms with Crippen molar-refractivity contribution in [3.8, 4) is 55.6 Å². The van der Waals surface area contributed by atoms with Crippen LogP contribution in [0.5, 0.6) is 0 Å². The highest BCUT2D eigenvalue weighted by Gasteiger charge is 2.52. The standard InChI is InChI=1S/C65H47N/c1-63(2)55-26-14-10-21-45(55)49-33-30-41(36-59(49)63)66(42-32-35-51-54-39-53(40-18-6-5-7-19-40)44-20-8-9-25-52(44)62(54)64(3,4)60(51)37-42)43-31-34-50-48-24-13-17-29-58(48)65(61(50)38-43)56-27-15-11-22-46(56)47-23-12-16-28-57(47)65/h5-39H,1-4H3. The molecule has 0 atom stereocenters. The highest BCUT2D eigenvalue weighted by Crippen LogP contribution is 2.64. The molecule has 1 spiro atoms. The number of benzene rings is 10. The fraction of sp³-hybridized carbons (Fsp3) is 0.108. The van der Waals surface area contributed by atoms with Crippen LogP contribution in [0, 0.1) is 0 Å². The van der Waals surface area contributed by atoms with Crippen LogP contribution in [0.25, 0.3) is 66.4 Å². The first kappa shape index (κ1) is 37.6. The largest absolute Gasteiger partial charge is 0.310 e. The molecular weight excluding hydrogens is 795 g/mol. The van der Waals surface area contributed by atoms with E-state index < -0.39 is 5.41 Å². The minimum atomic E-state index is -0.443. The van der Waals surface area contributed by atoms with Gasteiger partial charge in [-0.1, -0.05) is 198 Å². The Hall–Kier alpha value is -7.74. The Morgan fingerprint density at radius 2 is 0.667 bits per heavy atom. The van der Waals surface area contributed by atoms with E-state index in [2.05, 4.69) is 245 Å². The number of hydrogen-bond acceptors (Lipinski definition) is 1. The van der Waals surface area contributed by atoms with E-state index in [1.807, 2.05) is 0 Å². The van der Waals surface area contributed by atoms with Gasteiger partial charge in [-0.15, -0.1) is 0 Å². The van der Waals surface area contributed by atoms with Crippen molar-refractivity contribution in [3.05, 3.63) is 257 Å². The number of rotatable bonds is 4. The van der Waals surface area contributed by atoms with E-state index in [9.17, 15) is 0 Å². The van der Waals surface area contributed by atoms with Gasteiger partial charge in [0.2, 0.25) is 0 Å². The Bertz CT molecular complexity index is 3650. The molecule has 1 nitrogen and oxygen atoms in total. The highest BCUT2D eigenvalue weighted by atomic mass is 15.1. The van der Waals surface area contributed by atoms with Crippen LogP contribution in [-0.2, 0) is 16.2 Å². The average Bonchev–Trinajstić information content (AvgIpc) is 3.99. The van der Waals surface area contributed by atoms with Crippen molar-refractivity contribution in [3.63, 3.8) is 0 Å². The zero-order valence-corrected chi connectivity index (χ0v) is 37.7. The van der Waals surface area contributed by atoms with Gasteiger partial charge in [0, 0.05) is 27.9 Å². The SMILES string of the molecule is CC1(C)c2ccccc2-c2ccc(N(c3ccc4c(c3)C(C)(C)c3c-4cc(-c4ccccc4)c4ccccc34)c3ccc4c(c3)C3(c5ccccc5-c5ccccc53)c3ccccc3-4)cc21. The smallest absolute Gasteiger partial charge is 0.0726 e. The Kier molecular flexibility index (Phi) is 7.51. The van der Waals surface area contributed by atoms with Gasteiger partial charge in [0.25, 0.3) is 0 Å². The molecule has 0 unspecified atom stereocenters. The molecule has 0 saturated carbocycles. The zero-order chi connectivity index (χ0) is 44.1. The first-order chi connectivity index (χ1) is 32.3. The molecule has 0 radical (unpaired) electrons. The van der Waals surface area contributed by atoms with Crippen molar-refractivity contribution >= 4 is 27.8 Å². The Morgan fingerprint density at radius 1 is 0.273 bits per heavy atom. The summed E-state index contributed by atoms with van der Waals surface area (Å²) >= 11 is 0. The topological polar surface area (TPSA) is 3.24 Å². The van der Waals surface area contributed by atoms with Crippen molar-refractivity contribution in [1.82, 2.24) is 0 Å². The van der Waals surface area contributed by atoms with Gasteiger partial charge in [0.15, 0.2) is 0 Å². The third-order valence-electron chi connectivity index (χ3n) is 16.0. The fourth-order valence-corrected chi connectivity index (χ4v) is 13.2. The molecule has 66 heavy (non-hydrogen) atoms. The molecule has 312 valence electrons. The van der Waals surface area contributed by atoms with E-state index in [1.54, 1.807) is 0 Å². The molecule has 0 amide bonds. The second-order valence-corrected chi connectivity index (χ2v) is 20.0. The molecule has 0 bridgehead atoms. The van der Waals surface area contributed by atoms with Crippen molar-refractivity contribution in [2.24, 2.45) is 0 Å². The third-order valence-corrected chi connectivity index (χ3v) is 16.0. The van der Waals surface area contributed by atoms with E-state index >= 15 is 0 Å². The lowest BCUT2D eigenvalue weighted by Crippen LogP contribution is -2.26. The van der Waals surface area contributed by atoms with Gasteiger partial charge in [0.1, 0.15) is 0 Å². The van der Waals surface area contributed by atoms with E-state index in [1.165, 1.54) is 111 Å². The first-order valence-corrected chi connectivity index (χ1v) is 23.5. The van der Waals surface area contributed by atoms with Gasteiger partial charge in [-0.25, -0.2) is 0 Å². The summed E-state index contributed by atoms with van der Waals surface area (Å²) in [6.45, 7) is 9.64. The van der Waals surface area contributed by atoms with Crippen LogP contribution >= 0.6 is 0 Å². The van der Waals surface area contributed by atoms with Crippen molar-refractivity contribution in [1.29, 1.82) is 0 Å². The minimum absolute atomic E-state index is 0.145. The highest BCUT2D eigenvalue weighted by molar-refractivity contribution is 6.06. The molecule has 4 aliphatic rings. The Morgan fingerprint density at radius 3 is 1.23 bits per heavy atom. The van der Waals surface area contributed by atoms with Gasteiger partial charge in [-0.3, -0.25) is 0 Å². The van der Waals surface area contributed by atoms with E-state index in [-0.39, 0.29) is 10.8 Å². The average molecular weight is 842 g/mol. The minimum Gasteiger partial charge on any atom is -0.310 e. The summed E-state index contributed by atoms with van der Waals surface area (Å²) in [5.41, 5.74) is 26.7. The number of anilines is 3. The number of fused-ring (bicyclic) bond motifs is 18. The maximum Gasteiger partial charge on any atom is 0.0726 e.